The van der Waals surface area contributed by atoms with E-state index in [1.807, 2.05) is 45.0 Å². The number of hydrogen-bond acceptors (Lipinski definition) is 4. The Morgan fingerprint density at radius 3 is 2.19 bits per heavy atom. The van der Waals surface area contributed by atoms with Gasteiger partial charge in [-0.25, -0.2) is 0 Å². The Morgan fingerprint density at radius 1 is 0.781 bits per heavy atom. The second-order valence-corrected chi connectivity index (χ2v) is 7.41. The van der Waals surface area contributed by atoms with Gasteiger partial charge in [-0.3, -0.25) is 25.2 Å². The van der Waals surface area contributed by atoms with Crippen LogP contribution in [0.25, 0.3) is 0 Å². The van der Waals surface area contributed by atoms with Gasteiger partial charge < -0.3 is 10.1 Å². The van der Waals surface area contributed by atoms with E-state index in [0.717, 1.165) is 16.7 Å². The van der Waals surface area contributed by atoms with Crippen molar-refractivity contribution in [2.45, 2.75) is 20.8 Å². The second kappa shape index (κ2) is 10.3. The van der Waals surface area contributed by atoms with E-state index in [0.29, 0.717) is 22.6 Å². The molecule has 32 heavy (non-hydrogen) atoms. The van der Waals surface area contributed by atoms with Crippen LogP contribution in [0.15, 0.2) is 66.7 Å². The molecule has 0 aliphatic rings. The lowest BCUT2D eigenvalue weighted by atomic mass is 10.1. The van der Waals surface area contributed by atoms with E-state index in [4.69, 9.17) is 4.74 Å². The Morgan fingerprint density at radius 2 is 1.50 bits per heavy atom. The van der Waals surface area contributed by atoms with Crippen molar-refractivity contribution in [3.63, 3.8) is 0 Å². The largest absolute Gasteiger partial charge is 0.483 e. The SMILES string of the molecule is Cc1ccc(OCC(=O)NNC(=O)c2ccc(NC(=O)c3ccccc3C)cc2)c(C)c1. The minimum atomic E-state index is -0.486. The Bertz CT molecular complexity index is 1140. The molecule has 3 aromatic carbocycles. The number of carbonyl (C=O) groups excluding carboxylic acids is 3. The van der Waals surface area contributed by atoms with Crippen molar-refractivity contribution in [2.24, 2.45) is 0 Å². The highest BCUT2D eigenvalue weighted by Gasteiger charge is 2.11. The summed E-state index contributed by atoms with van der Waals surface area (Å²) in [6.45, 7) is 5.51. The van der Waals surface area contributed by atoms with Crippen molar-refractivity contribution in [1.29, 1.82) is 0 Å². The van der Waals surface area contributed by atoms with Crippen molar-refractivity contribution in [2.75, 3.05) is 11.9 Å². The number of ether oxygens (including phenoxy) is 1. The molecule has 7 nitrogen and oxygen atoms in total. The van der Waals surface area contributed by atoms with Gasteiger partial charge in [0, 0.05) is 16.8 Å². The van der Waals surface area contributed by atoms with Gasteiger partial charge >= 0.3 is 0 Å². The highest BCUT2D eigenvalue weighted by molar-refractivity contribution is 6.05. The summed E-state index contributed by atoms with van der Waals surface area (Å²) in [6.07, 6.45) is 0. The summed E-state index contributed by atoms with van der Waals surface area (Å²) < 4.78 is 5.49. The molecule has 0 fully saturated rings. The van der Waals surface area contributed by atoms with E-state index >= 15 is 0 Å². The Balaban J connectivity index is 1.48. The van der Waals surface area contributed by atoms with Crippen molar-refractivity contribution >= 4 is 23.4 Å². The van der Waals surface area contributed by atoms with Crippen molar-refractivity contribution in [1.82, 2.24) is 10.9 Å². The van der Waals surface area contributed by atoms with Crippen LogP contribution in [0.3, 0.4) is 0 Å². The molecule has 0 bridgehead atoms. The topological polar surface area (TPSA) is 96.5 Å². The average Bonchev–Trinajstić information content (AvgIpc) is 2.77. The molecular weight excluding hydrogens is 406 g/mol. The summed E-state index contributed by atoms with van der Waals surface area (Å²) in [5.41, 5.74) is 9.04. The van der Waals surface area contributed by atoms with Gasteiger partial charge in [-0.2, -0.15) is 0 Å². The molecule has 0 atom stereocenters. The van der Waals surface area contributed by atoms with Crippen LogP contribution in [0.5, 0.6) is 5.75 Å². The normalized spacial score (nSPS) is 10.2. The third-order valence-corrected chi connectivity index (χ3v) is 4.80. The molecule has 0 aromatic heterocycles. The van der Waals surface area contributed by atoms with Crippen molar-refractivity contribution in [3.8, 4) is 5.75 Å². The first-order chi connectivity index (χ1) is 15.3. The molecule has 3 amide bonds. The number of amides is 3. The average molecular weight is 431 g/mol. The van der Waals surface area contributed by atoms with Crippen LogP contribution in [0, 0.1) is 20.8 Å². The van der Waals surface area contributed by atoms with Crippen LogP contribution in [0.1, 0.15) is 37.4 Å². The maximum Gasteiger partial charge on any atom is 0.276 e. The van der Waals surface area contributed by atoms with Crippen LogP contribution in [-0.4, -0.2) is 24.3 Å². The van der Waals surface area contributed by atoms with Crippen molar-refractivity contribution < 1.29 is 19.1 Å². The Hall–Kier alpha value is -4.13. The third-order valence-electron chi connectivity index (χ3n) is 4.80. The standard InChI is InChI=1S/C25H25N3O4/c1-16-8-13-22(18(3)14-16)32-15-23(29)27-28-24(30)19-9-11-20(12-10-19)26-25(31)21-7-5-4-6-17(21)2/h4-14H,15H2,1-3H3,(H,26,31)(H,27,29)(H,28,30). The van der Waals surface area contributed by atoms with Crippen molar-refractivity contribution in [3.05, 3.63) is 94.5 Å². The fourth-order valence-electron chi connectivity index (χ4n) is 3.07. The van der Waals surface area contributed by atoms with Gasteiger partial charge in [0.15, 0.2) is 6.61 Å². The third kappa shape index (κ3) is 5.95. The molecular formula is C25H25N3O4. The zero-order valence-electron chi connectivity index (χ0n) is 18.2. The first-order valence-corrected chi connectivity index (χ1v) is 10.1. The zero-order chi connectivity index (χ0) is 23.1. The quantitative estimate of drug-likeness (QED) is 0.519. The van der Waals surface area contributed by atoms with Gasteiger partial charge in [0.05, 0.1) is 0 Å². The number of benzene rings is 3. The van der Waals surface area contributed by atoms with E-state index < -0.39 is 11.8 Å². The number of carbonyl (C=O) groups is 3. The summed E-state index contributed by atoms with van der Waals surface area (Å²) >= 11 is 0. The van der Waals surface area contributed by atoms with Crippen LogP contribution >= 0.6 is 0 Å². The fourth-order valence-corrected chi connectivity index (χ4v) is 3.07. The molecule has 164 valence electrons. The maximum absolute atomic E-state index is 12.4. The minimum Gasteiger partial charge on any atom is -0.483 e. The smallest absolute Gasteiger partial charge is 0.276 e. The predicted molar refractivity (Wildman–Crippen MR) is 123 cm³/mol. The highest BCUT2D eigenvalue weighted by atomic mass is 16.5. The van der Waals surface area contributed by atoms with E-state index in [2.05, 4.69) is 16.2 Å². The molecule has 0 aliphatic heterocycles. The highest BCUT2D eigenvalue weighted by Crippen LogP contribution is 2.18. The van der Waals surface area contributed by atoms with E-state index in [1.54, 1.807) is 42.5 Å². The van der Waals surface area contributed by atoms with Gasteiger partial charge in [-0.15, -0.1) is 0 Å². The summed E-state index contributed by atoms with van der Waals surface area (Å²) in [5, 5.41) is 2.80. The Labute approximate surface area is 186 Å². The van der Waals surface area contributed by atoms with Gasteiger partial charge in [0.2, 0.25) is 0 Å². The van der Waals surface area contributed by atoms with Crippen LogP contribution in [0.4, 0.5) is 5.69 Å². The number of anilines is 1. The number of nitrogens with one attached hydrogen (secondary N) is 3. The minimum absolute atomic E-state index is 0.226. The lowest BCUT2D eigenvalue weighted by molar-refractivity contribution is -0.123. The molecule has 0 saturated heterocycles. The van der Waals surface area contributed by atoms with E-state index in [-0.39, 0.29) is 12.5 Å². The number of hydrogen-bond donors (Lipinski definition) is 3. The Kier molecular flexibility index (Phi) is 7.23. The molecule has 0 unspecified atom stereocenters. The molecule has 0 aliphatic carbocycles. The first-order valence-electron chi connectivity index (χ1n) is 10.1. The van der Waals surface area contributed by atoms with E-state index in [9.17, 15) is 14.4 Å². The second-order valence-electron chi connectivity index (χ2n) is 7.41. The van der Waals surface area contributed by atoms with Gasteiger partial charge in [-0.1, -0.05) is 35.9 Å². The number of hydrazine groups is 1. The summed E-state index contributed by atoms with van der Waals surface area (Å²) in [7, 11) is 0. The van der Waals surface area contributed by atoms with Crippen LogP contribution < -0.4 is 20.9 Å². The molecule has 0 radical (unpaired) electrons. The summed E-state index contributed by atoms with van der Waals surface area (Å²) in [6, 6.07) is 19.3. The maximum atomic E-state index is 12.4. The number of aryl methyl sites for hydroxylation is 3. The summed E-state index contributed by atoms with van der Waals surface area (Å²) in [5.74, 6) is -0.584. The molecule has 0 heterocycles. The molecule has 3 aromatic rings. The number of rotatable bonds is 6. The van der Waals surface area contributed by atoms with E-state index in [1.165, 1.54) is 0 Å². The van der Waals surface area contributed by atoms with Gasteiger partial charge in [0.25, 0.3) is 17.7 Å². The lowest BCUT2D eigenvalue weighted by Gasteiger charge is -2.11. The lowest BCUT2D eigenvalue weighted by Crippen LogP contribution is -2.43. The molecule has 0 saturated carbocycles. The summed E-state index contributed by atoms with van der Waals surface area (Å²) in [4.78, 5) is 36.6. The predicted octanol–water partition coefficient (Wildman–Crippen LogP) is 3.70. The van der Waals surface area contributed by atoms with Crippen LogP contribution in [0.2, 0.25) is 0 Å². The molecule has 0 spiro atoms. The molecule has 7 heteroatoms. The fraction of sp³-hybridized carbons (Fsp3) is 0.160. The zero-order valence-corrected chi connectivity index (χ0v) is 18.2. The molecule has 3 N–H and O–H groups in total. The van der Waals surface area contributed by atoms with Gasteiger partial charge in [0.1, 0.15) is 5.75 Å². The van der Waals surface area contributed by atoms with Gasteiger partial charge in [-0.05, 0) is 68.3 Å². The monoisotopic (exact) mass is 431 g/mol. The van der Waals surface area contributed by atoms with Crippen LogP contribution in [-0.2, 0) is 4.79 Å². The molecule has 3 rings (SSSR count). The first kappa shape index (κ1) is 22.6.